The summed E-state index contributed by atoms with van der Waals surface area (Å²) in [6, 6.07) is 0. The highest BCUT2D eigenvalue weighted by atomic mass is 16.5. The lowest BCUT2D eigenvalue weighted by Gasteiger charge is -2.17. The molecule has 0 aromatic heterocycles. The predicted octanol–water partition coefficient (Wildman–Crippen LogP) is 1.80. The number of rotatable bonds is 2. The summed E-state index contributed by atoms with van der Waals surface area (Å²) in [6.45, 7) is 8.23. The molecule has 0 saturated carbocycles. The summed E-state index contributed by atoms with van der Waals surface area (Å²) in [5.74, 6) is -0.241. The van der Waals surface area contributed by atoms with Crippen molar-refractivity contribution in [3.05, 3.63) is 6.42 Å². The number of ether oxygens (including phenoxy) is 1. The van der Waals surface area contributed by atoms with Gasteiger partial charge >= 0.3 is 5.97 Å². The Kier molecular flexibility index (Phi) is 3.40. The van der Waals surface area contributed by atoms with Gasteiger partial charge in [-0.05, 0) is 5.41 Å². The molecule has 10 heavy (non-hydrogen) atoms. The fourth-order valence-corrected chi connectivity index (χ4v) is 0.371. The summed E-state index contributed by atoms with van der Waals surface area (Å²) in [6.07, 6.45) is 1.42. The Balaban J connectivity index is 3.46. The van der Waals surface area contributed by atoms with E-state index in [1.165, 1.54) is 6.42 Å². The van der Waals surface area contributed by atoms with Crippen LogP contribution in [0.4, 0.5) is 0 Å². The standard InChI is InChI=1S/C8H15O2/c1-5-7(9)10-6-8(2,3)4/h5H,6H2,1-4H3. The van der Waals surface area contributed by atoms with Crippen LogP contribution in [0.3, 0.4) is 0 Å². The van der Waals surface area contributed by atoms with Crippen LogP contribution in [-0.2, 0) is 9.53 Å². The van der Waals surface area contributed by atoms with Crippen LogP contribution in [0.25, 0.3) is 0 Å². The first-order valence-corrected chi connectivity index (χ1v) is 3.42. The molecule has 0 atom stereocenters. The van der Waals surface area contributed by atoms with Gasteiger partial charge in [-0.15, -0.1) is 0 Å². The normalized spacial score (nSPS) is 11.2. The highest BCUT2D eigenvalue weighted by Crippen LogP contribution is 2.12. The van der Waals surface area contributed by atoms with Crippen LogP contribution < -0.4 is 0 Å². The quantitative estimate of drug-likeness (QED) is 0.551. The van der Waals surface area contributed by atoms with Crippen molar-refractivity contribution in [2.24, 2.45) is 5.41 Å². The van der Waals surface area contributed by atoms with Crippen LogP contribution in [0.1, 0.15) is 27.7 Å². The molecule has 0 N–H and O–H groups in total. The van der Waals surface area contributed by atoms with Crippen LogP contribution in [0, 0.1) is 11.8 Å². The van der Waals surface area contributed by atoms with Gasteiger partial charge in [-0.1, -0.05) is 27.7 Å². The number of hydrogen-bond acceptors (Lipinski definition) is 2. The van der Waals surface area contributed by atoms with Crippen molar-refractivity contribution in [1.82, 2.24) is 0 Å². The van der Waals surface area contributed by atoms with E-state index in [9.17, 15) is 4.79 Å². The van der Waals surface area contributed by atoms with Crippen LogP contribution in [0.2, 0.25) is 0 Å². The van der Waals surface area contributed by atoms with Gasteiger partial charge in [0.2, 0.25) is 0 Å². The summed E-state index contributed by atoms with van der Waals surface area (Å²) in [4.78, 5) is 10.6. The Morgan fingerprint density at radius 1 is 1.50 bits per heavy atom. The van der Waals surface area contributed by atoms with Gasteiger partial charge in [0.15, 0.2) is 0 Å². The van der Waals surface area contributed by atoms with E-state index >= 15 is 0 Å². The number of carbonyl (C=O) groups is 1. The monoisotopic (exact) mass is 143 g/mol. The molecular formula is C8H15O2. The van der Waals surface area contributed by atoms with Gasteiger partial charge in [-0.2, -0.15) is 0 Å². The molecule has 0 fully saturated rings. The van der Waals surface area contributed by atoms with Crippen LogP contribution >= 0.6 is 0 Å². The van der Waals surface area contributed by atoms with Gasteiger partial charge in [0, 0.05) is 0 Å². The maximum absolute atomic E-state index is 10.6. The van der Waals surface area contributed by atoms with Gasteiger partial charge in [-0.25, -0.2) is 0 Å². The Hall–Kier alpha value is -0.530. The molecule has 0 amide bonds. The first-order chi connectivity index (χ1) is 4.45. The van der Waals surface area contributed by atoms with Crippen LogP contribution in [0.15, 0.2) is 0 Å². The van der Waals surface area contributed by atoms with Crippen molar-refractivity contribution in [3.63, 3.8) is 0 Å². The van der Waals surface area contributed by atoms with Crippen molar-refractivity contribution in [2.45, 2.75) is 27.7 Å². The largest absolute Gasteiger partial charge is 0.465 e. The third-order valence-corrected chi connectivity index (χ3v) is 0.883. The minimum Gasteiger partial charge on any atom is -0.465 e. The fraction of sp³-hybridized carbons (Fsp3) is 0.750. The van der Waals surface area contributed by atoms with Crippen molar-refractivity contribution in [1.29, 1.82) is 0 Å². The van der Waals surface area contributed by atoms with E-state index < -0.39 is 0 Å². The van der Waals surface area contributed by atoms with Gasteiger partial charge in [0.25, 0.3) is 0 Å². The number of hydrogen-bond donors (Lipinski definition) is 0. The van der Waals surface area contributed by atoms with Crippen molar-refractivity contribution < 1.29 is 9.53 Å². The van der Waals surface area contributed by atoms with E-state index in [0.717, 1.165) is 0 Å². The molecule has 0 rings (SSSR count). The molecule has 0 bridgehead atoms. The molecule has 1 radical (unpaired) electrons. The molecule has 2 nitrogen and oxygen atoms in total. The summed E-state index contributed by atoms with van der Waals surface area (Å²) in [5, 5.41) is 0. The molecule has 0 aliphatic heterocycles. The second kappa shape index (κ2) is 3.59. The van der Waals surface area contributed by atoms with E-state index in [2.05, 4.69) is 0 Å². The third kappa shape index (κ3) is 5.60. The molecule has 2 heteroatoms. The van der Waals surface area contributed by atoms with Crippen LogP contribution in [0.5, 0.6) is 0 Å². The summed E-state index contributed by atoms with van der Waals surface area (Å²) in [7, 11) is 0. The lowest BCUT2D eigenvalue weighted by atomic mass is 9.99. The number of esters is 1. The zero-order valence-corrected chi connectivity index (χ0v) is 7.10. The molecule has 0 aliphatic rings. The molecule has 59 valence electrons. The van der Waals surface area contributed by atoms with Gasteiger partial charge in [-0.3, -0.25) is 4.79 Å². The predicted molar refractivity (Wildman–Crippen MR) is 40.4 cm³/mol. The van der Waals surface area contributed by atoms with E-state index in [4.69, 9.17) is 4.74 Å². The first-order valence-electron chi connectivity index (χ1n) is 3.42. The summed E-state index contributed by atoms with van der Waals surface area (Å²) < 4.78 is 4.86. The molecule has 0 aliphatic carbocycles. The fourth-order valence-electron chi connectivity index (χ4n) is 0.371. The maximum Gasteiger partial charge on any atom is 0.309 e. The topological polar surface area (TPSA) is 26.3 Å². The third-order valence-electron chi connectivity index (χ3n) is 0.883. The van der Waals surface area contributed by atoms with Gasteiger partial charge < -0.3 is 4.74 Å². The molecular weight excluding hydrogens is 128 g/mol. The van der Waals surface area contributed by atoms with E-state index in [1.807, 2.05) is 20.8 Å². The highest BCUT2D eigenvalue weighted by molar-refractivity contribution is 5.78. The van der Waals surface area contributed by atoms with Crippen LogP contribution in [-0.4, -0.2) is 12.6 Å². The lowest BCUT2D eigenvalue weighted by Crippen LogP contribution is -2.17. The van der Waals surface area contributed by atoms with Gasteiger partial charge in [0.05, 0.1) is 13.0 Å². The van der Waals surface area contributed by atoms with E-state index in [1.54, 1.807) is 6.92 Å². The van der Waals surface area contributed by atoms with Crippen molar-refractivity contribution >= 4 is 5.97 Å². The minimum absolute atomic E-state index is 0.0681. The Morgan fingerprint density at radius 3 is 2.30 bits per heavy atom. The summed E-state index contributed by atoms with van der Waals surface area (Å²) >= 11 is 0. The van der Waals surface area contributed by atoms with E-state index in [0.29, 0.717) is 6.61 Å². The smallest absolute Gasteiger partial charge is 0.309 e. The average molecular weight is 143 g/mol. The Morgan fingerprint density at radius 2 is 2.00 bits per heavy atom. The molecule has 0 aromatic carbocycles. The lowest BCUT2D eigenvalue weighted by molar-refractivity contribution is -0.142. The zero-order chi connectivity index (χ0) is 8.20. The average Bonchev–Trinajstić information content (AvgIpc) is 1.81. The minimum atomic E-state index is -0.241. The molecule has 0 unspecified atom stereocenters. The zero-order valence-electron chi connectivity index (χ0n) is 7.10. The second-order valence-corrected chi connectivity index (χ2v) is 3.46. The van der Waals surface area contributed by atoms with E-state index in [-0.39, 0.29) is 11.4 Å². The molecule has 0 spiro atoms. The Labute approximate surface area is 62.6 Å². The maximum atomic E-state index is 10.6. The van der Waals surface area contributed by atoms with Crippen molar-refractivity contribution in [2.75, 3.05) is 6.61 Å². The number of carbonyl (C=O) groups excluding carboxylic acids is 1. The highest BCUT2D eigenvalue weighted by Gasteiger charge is 2.12. The molecule has 0 saturated heterocycles. The van der Waals surface area contributed by atoms with Crippen molar-refractivity contribution in [3.8, 4) is 0 Å². The molecule has 0 heterocycles. The Bertz CT molecular complexity index is 111. The summed E-state index contributed by atoms with van der Waals surface area (Å²) in [5.41, 5.74) is 0.0681. The second-order valence-electron chi connectivity index (χ2n) is 3.46. The first kappa shape index (κ1) is 9.47. The molecule has 0 aromatic rings. The van der Waals surface area contributed by atoms with Gasteiger partial charge in [0.1, 0.15) is 0 Å². The SMILES string of the molecule is C[CH]C(=O)OCC(C)(C)C.